The lowest BCUT2D eigenvalue weighted by atomic mass is 9.97. The summed E-state index contributed by atoms with van der Waals surface area (Å²) in [6.07, 6.45) is 0.665. The van der Waals surface area contributed by atoms with Gasteiger partial charge in [-0.15, -0.1) is 0 Å². The molecule has 4 heteroatoms. The molecule has 0 aliphatic rings. The monoisotopic (exact) mass is 300 g/mol. The van der Waals surface area contributed by atoms with Crippen molar-refractivity contribution in [3.63, 3.8) is 0 Å². The maximum atomic E-state index is 12.4. The molecule has 2 aromatic rings. The topological polar surface area (TPSA) is 66.8 Å². The summed E-state index contributed by atoms with van der Waals surface area (Å²) in [6, 6.07) is 8.07. The van der Waals surface area contributed by atoms with Gasteiger partial charge in [0, 0.05) is 12.5 Å². The fourth-order valence-electron chi connectivity index (χ4n) is 2.42. The number of hydrogen-bond acceptors (Lipinski definition) is 4. The fourth-order valence-corrected chi connectivity index (χ4v) is 2.42. The Balaban J connectivity index is 2.18. The van der Waals surface area contributed by atoms with E-state index in [1.54, 1.807) is 19.2 Å². The zero-order valence-electron chi connectivity index (χ0n) is 13.0. The number of phenols is 2. The predicted molar refractivity (Wildman–Crippen MR) is 84.9 cm³/mol. The normalized spacial score (nSPS) is 10.5. The quantitative estimate of drug-likeness (QED) is 0.829. The van der Waals surface area contributed by atoms with E-state index in [0.29, 0.717) is 23.3 Å². The van der Waals surface area contributed by atoms with Crippen LogP contribution in [0.3, 0.4) is 0 Å². The Morgan fingerprint density at radius 2 is 1.86 bits per heavy atom. The molecule has 2 N–H and O–H groups in total. The largest absolute Gasteiger partial charge is 0.508 e. The smallest absolute Gasteiger partial charge is 0.166 e. The number of aryl methyl sites for hydroxylation is 2. The SMILES string of the molecule is COc1c(C(=O)CCc2ccc(O)cc2O)ccc(C)c1C. The van der Waals surface area contributed by atoms with Crippen LogP contribution in [0.4, 0.5) is 0 Å². The van der Waals surface area contributed by atoms with E-state index in [4.69, 9.17) is 4.74 Å². The average Bonchev–Trinajstić information content (AvgIpc) is 2.48. The van der Waals surface area contributed by atoms with Crippen molar-refractivity contribution >= 4 is 5.78 Å². The Morgan fingerprint density at radius 3 is 2.50 bits per heavy atom. The molecule has 22 heavy (non-hydrogen) atoms. The molecule has 0 aliphatic carbocycles. The van der Waals surface area contributed by atoms with Crippen LogP contribution >= 0.6 is 0 Å². The van der Waals surface area contributed by atoms with Crippen LogP contribution in [0.1, 0.15) is 33.5 Å². The highest BCUT2D eigenvalue weighted by atomic mass is 16.5. The molecule has 2 aromatic carbocycles. The lowest BCUT2D eigenvalue weighted by Gasteiger charge is -2.13. The third-order valence-electron chi connectivity index (χ3n) is 3.87. The van der Waals surface area contributed by atoms with Gasteiger partial charge in [0.05, 0.1) is 12.7 Å². The van der Waals surface area contributed by atoms with Crippen molar-refractivity contribution in [3.8, 4) is 17.2 Å². The summed E-state index contributed by atoms with van der Waals surface area (Å²) in [7, 11) is 1.56. The van der Waals surface area contributed by atoms with Gasteiger partial charge in [0.25, 0.3) is 0 Å². The predicted octanol–water partition coefficient (Wildman–Crippen LogP) is 3.54. The van der Waals surface area contributed by atoms with Crippen LogP contribution in [0.2, 0.25) is 0 Å². The molecule has 0 saturated carbocycles. The Kier molecular flexibility index (Phi) is 4.71. The van der Waals surface area contributed by atoms with E-state index in [-0.39, 0.29) is 23.7 Å². The van der Waals surface area contributed by atoms with E-state index < -0.39 is 0 Å². The fraction of sp³-hybridized carbons (Fsp3) is 0.278. The minimum atomic E-state index is -0.0348. The first-order valence-electron chi connectivity index (χ1n) is 7.12. The summed E-state index contributed by atoms with van der Waals surface area (Å²) in [6.45, 7) is 3.90. The van der Waals surface area contributed by atoms with E-state index in [1.165, 1.54) is 12.1 Å². The summed E-state index contributed by atoms with van der Waals surface area (Å²) >= 11 is 0. The van der Waals surface area contributed by atoms with Crippen molar-refractivity contribution in [1.29, 1.82) is 0 Å². The molecule has 0 radical (unpaired) electrons. The molecule has 4 nitrogen and oxygen atoms in total. The molecule has 0 spiro atoms. The van der Waals surface area contributed by atoms with Crippen molar-refractivity contribution < 1.29 is 19.7 Å². The number of aromatic hydroxyl groups is 2. The number of rotatable bonds is 5. The summed E-state index contributed by atoms with van der Waals surface area (Å²) in [5, 5.41) is 19.0. The van der Waals surface area contributed by atoms with Gasteiger partial charge in [-0.2, -0.15) is 0 Å². The Labute approximate surface area is 130 Å². The standard InChI is InChI=1S/C18H20O4/c1-11-4-8-15(18(22-3)12(11)2)16(20)9-6-13-5-7-14(19)10-17(13)21/h4-5,7-8,10,19,21H,6,9H2,1-3H3. The first-order chi connectivity index (χ1) is 10.4. The van der Waals surface area contributed by atoms with Crippen molar-refractivity contribution in [2.75, 3.05) is 7.11 Å². The van der Waals surface area contributed by atoms with E-state index in [0.717, 1.165) is 11.1 Å². The Morgan fingerprint density at radius 1 is 1.14 bits per heavy atom. The number of ketones is 1. The number of benzene rings is 2. The van der Waals surface area contributed by atoms with Gasteiger partial charge < -0.3 is 14.9 Å². The van der Waals surface area contributed by atoms with Crippen molar-refractivity contribution in [1.82, 2.24) is 0 Å². The minimum absolute atomic E-state index is 0.000137. The highest BCUT2D eigenvalue weighted by Crippen LogP contribution is 2.29. The molecule has 2 rings (SSSR count). The van der Waals surface area contributed by atoms with Gasteiger partial charge in [0.1, 0.15) is 17.2 Å². The number of carbonyl (C=O) groups excluding carboxylic acids is 1. The second kappa shape index (κ2) is 6.52. The first kappa shape index (κ1) is 15.9. The van der Waals surface area contributed by atoms with E-state index in [9.17, 15) is 15.0 Å². The molecule has 0 atom stereocenters. The molecule has 0 amide bonds. The van der Waals surface area contributed by atoms with E-state index in [1.807, 2.05) is 19.9 Å². The third-order valence-corrected chi connectivity index (χ3v) is 3.87. The van der Waals surface area contributed by atoms with Gasteiger partial charge in [-0.05, 0) is 49.1 Å². The molecule has 0 aromatic heterocycles. The van der Waals surface area contributed by atoms with Gasteiger partial charge in [0.2, 0.25) is 0 Å². The Hall–Kier alpha value is -2.49. The lowest BCUT2D eigenvalue weighted by Crippen LogP contribution is -2.06. The van der Waals surface area contributed by atoms with Crippen molar-refractivity contribution in [3.05, 3.63) is 52.6 Å². The molecular weight excluding hydrogens is 280 g/mol. The summed E-state index contributed by atoms with van der Waals surface area (Å²) in [4.78, 5) is 12.4. The second-order valence-electron chi connectivity index (χ2n) is 5.32. The van der Waals surface area contributed by atoms with E-state index in [2.05, 4.69) is 0 Å². The number of ether oxygens (including phenoxy) is 1. The molecular formula is C18H20O4. The maximum Gasteiger partial charge on any atom is 0.166 e. The number of carbonyl (C=O) groups is 1. The van der Waals surface area contributed by atoms with Crippen LogP contribution in [-0.2, 0) is 6.42 Å². The van der Waals surface area contributed by atoms with Crippen molar-refractivity contribution in [2.45, 2.75) is 26.7 Å². The van der Waals surface area contributed by atoms with Gasteiger partial charge in [0.15, 0.2) is 5.78 Å². The molecule has 116 valence electrons. The second-order valence-corrected chi connectivity index (χ2v) is 5.32. The number of methoxy groups -OCH3 is 1. The summed E-state index contributed by atoms with van der Waals surface area (Å²) < 4.78 is 5.37. The van der Waals surface area contributed by atoms with Gasteiger partial charge >= 0.3 is 0 Å². The van der Waals surface area contributed by atoms with Crippen LogP contribution in [0.15, 0.2) is 30.3 Å². The lowest BCUT2D eigenvalue weighted by molar-refractivity contribution is 0.0979. The highest BCUT2D eigenvalue weighted by Gasteiger charge is 2.16. The van der Waals surface area contributed by atoms with Crippen molar-refractivity contribution in [2.24, 2.45) is 0 Å². The maximum absolute atomic E-state index is 12.4. The van der Waals surface area contributed by atoms with Crippen LogP contribution in [-0.4, -0.2) is 23.1 Å². The van der Waals surface area contributed by atoms with Crippen LogP contribution in [0.5, 0.6) is 17.2 Å². The molecule has 0 aliphatic heterocycles. The van der Waals surface area contributed by atoms with Crippen LogP contribution in [0.25, 0.3) is 0 Å². The molecule has 0 fully saturated rings. The minimum Gasteiger partial charge on any atom is -0.508 e. The third kappa shape index (κ3) is 3.22. The highest BCUT2D eigenvalue weighted by molar-refractivity contribution is 5.99. The zero-order chi connectivity index (χ0) is 16.3. The molecule has 0 unspecified atom stereocenters. The van der Waals surface area contributed by atoms with Crippen LogP contribution in [0, 0.1) is 13.8 Å². The first-order valence-corrected chi connectivity index (χ1v) is 7.12. The van der Waals surface area contributed by atoms with Gasteiger partial charge in [-0.3, -0.25) is 4.79 Å². The van der Waals surface area contributed by atoms with E-state index >= 15 is 0 Å². The zero-order valence-corrected chi connectivity index (χ0v) is 13.0. The number of Topliss-reactive ketones (excluding diaryl/α,β-unsaturated/α-hetero) is 1. The molecule has 0 bridgehead atoms. The number of phenolic OH excluding ortho intramolecular Hbond substituents is 2. The van der Waals surface area contributed by atoms with Crippen LogP contribution < -0.4 is 4.74 Å². The molecule has 0 saturated heterocycles. The summed E-state index contributed by atoms with van der Waals surface area (Å²) in [5.41, 5.74) is 3.23. The number of hydrogen-bond donors (Lipinski definition) is 2. The average molecular weight is 300 g/mol. The van der Waals surface area contributed by atoms with Gasteiger partial charge in [-0.1, -0.05) is 12.1 Å². The Bertz CT molecular complexity index is 704. The summed E-state index contributed by atoms with van der Waals surface area (Å²) in [5.74, 6) is 0.579. The van der Waals surface area contributed by atoms with Gasteiger partial charge in [-0.25, -0.2) is 0 Å². The molecule has 0 heterocycles.